The van der Waals surface area contributed by atoms with E-state index in [1.165, 1.54) is 6.33 Å². The van der Waals surface area contributed by atoms with E-state index in [2.05, 4.69) is 9.97 Å². The molecule has 1 heterocycles. The number of hydrogen-bond donors (Lipinski definition) is 1. The molecule has 0 aliphatic heterocycles. The summed E-state index contributed by atoms with van der Waals surface area (Å²) in [4.78, 5) is 19.2. The minimum atomic E-state index is -1.02. The van der Waals surface area contributed by atoms with Gasteiger partial charge in [0, 0.05) is 11.8 Å². The van der Waals surface area contributed by atoms with Gasteiger partial charge in [0.1, 0.15) is 17.6 Å². The molecule has 0 atom stereocenters. The molecule has 19 heavy (non-hydrogen) atoms. The number of benzene rings is 1. The highest BCUT2D eigenvalue weighted by Gasteiger charge is 2.13. The molecule has 0 saturated heterocycles. The van der Waals surface area contributed by atoms with Gasteiger partial charge in [0.25, 0.3) is 0 Å². The summed E-state index contributed by atoms with van der Waals surface area (Å²) in [6, 6.07) is 6.70. The van der Waals surface area contributed by atoms with Crippen molar-refractivity contribution in [1.29, 1.82) is 0 Å². The summed E-state index contributed by atoms with van der Waals surface area (Å²) >= 11 is 0. The fourth-order valence-corrected chi connectivity index (χ4v) is 1.64. The summed E-state index contributed by atoms with van der Waals surface area (Å²) in [5.74, 6) is -0.402. The van der Waals surface area contributed by atoms with E-state index < -0.39 is 5.97 Å². The Morgan fingerprint density at radius 2 is 2.11 bits per heavy atom. The minimum Gasteiger partial charge on any atom is -0.478 e. The van der Waals surface area contributed by atoms with Gasteiger partial charge in [0.2, 0.25) is 5.88 Å². The van der Waals surface area contributed by atoms with E-state index >= 15 is 0 Å². The van der Waals surface area contributed by atoms with Crippen LogP contribution in [0, 0.1) is 6.92 Å². The van der Waals surface area contributed by atoms with Gasteiger partial charge in [-0.3, -0.25) is 0 Å². The maximum atomic E-state index is 11.2. The second-order valence-corrected chi connectivity index (χ2v) is 4.11. The largest absolute Gasteiger partial charge is 0.478 e. The molecule has 0 bridgehead atoms. The van der Waals surface area contributed by atoms with Crippen LogP contribution in [0.25, 0.3) is 0 Å². The summed E-state index contributed by atoms with van der Waals surface area (Å²) in [7, 11) is 0. The maximum absolute atomic E-state index is 11.2. The minimum absolute atomic E-state index is 0.122. The summed E-state index contributed by atoms with van der Waals surface area (Å²) in [6.07, 6.45) is 2.17. The normalized spacial score (nSPS) is 10.2. The molecule has 2 rings (SSSR count). The van der Waals surface area contributed by atoms with E-state index in [1.807, 2.05) is 13.8 Å². The first-order valence-electron chi connectivity index (χ1n) is 5.93. The molecule has 1 N–H and O–H groups in total. The van der Waals surface area contributed by atoms with E-state index in [1.54, 1.807) is 24.3 Å². The molecule has 0 spiro atoms. The van der Waals surface area contributed by atoms with Crippen molar-refractivity contribution in [3.8, 4) is 11.6 Å². The van der Waals surface area contributed by atoms with Gasteiger partial charge in [-0.2, -0.15) is 0 Å². The Labute approximate surface area is 110 Å². The van der Waals surface area contributed by atoms with Crippen LogP contribution in [0.4, 0.5) is 0 Å². The number of aromatic nitrogens is 2. The van der Waals surface area contributed by atoms with Crippen LogP contribution in [0.15, 0.2) is 30.6 Å². The van der Waals surface area contributed by atoms with Gasteiger partial charge >= 0.3 is 5.97 Å². The van der Waals surface area contributed by atoms with Crippen molar-refractivity contribution in [2.45, 2.75) is 20.3 Å². The van der Waals surface area contributed by atoms with E-state index in [0.717, 1.165) is 17.7 Å². The number of ether oxygens (including phenoxy) is 1. The van der Waals surface area contributed by atoms with Gasteiger partial charge in [-0.1, -0.05) is 18.6 Å². The van der Waals surface area contributed by atoms with Crippen LogP contribution < -0.4 is 4.74 Å². The molecule has 1 aromatic carbocycles. The second kappa shape index (κ2) is 5.48. The summed E-state index contributed by atoms with van der Waals surface area (Å²) < 4.78 is 5.54. The topological polar surface area (TPSA) is 72.3 Å². The molecule has 0 fully saturated rings. The molecule has 5 nitrogen and oxygen atoms in total. The van der Waals surface area contributed by atoms with Crippen LogP contribution in [0.5, 0.6) is 11.6 Å². The first-order chi connectivity index (χ1) is 9.10. The van der Waals surface area contributed by atoms with Crippen molar-refractivity contribution in [3.63, 3.8) is 0 Å². The Morgan fingerprint density at radius 3 is 2.79 bits per heavy atom. The molecule has 0 radical (unpaired) electrons. The Kier molecular flexibility index (Phi) is 3.75. The first-order valence-corrected chi connectivity index (χ1v) is 5.93. The van der Waals surface area contributed by atoms with Crippen molar-refractivity contribution < 1.29 is 14.6 Å². The smallest absolute Gasteiger partial charge is 0.339 e. The van der Waals surface area contributed by atoms with Crippen molar-refractivity contribution in [3.05, 3.63) is 47.4 Å². The van der Waals surface area contributed by atoms with Gasteiger partial charge in [0.05, 0.1) is 0 Å². The van der Waals surface area contributed by atoms with Crippen molar-refractivity contribution in [1.82, 2.24) is 9.97 Å². The van der Waals surface area contributed by atoms with Gasteiger partial charge in [-0.25, -0.2) is 14.8 Å². The standard InChI is InChI=1S/C14H14N2O3/c1-3-10-7-13(16-8-15-10)19-12-5-4-9(2)6-11(12)14(17)18/h4-8H,3H2,1-2H3,(H,17,18). The molecule has 98 valence electrons. The third kappa shape index (κ3) is 3.07. The predicted octanol–water partition coefficient (Wildman–Crippen LogP) is 2.84. The lowest BCUT2D eigenvalue weighted by atomic mass is 10.1. The number of aromatic carboxylic acids is 1. The molecule has 0 amide bonds. The Morgan fingerprint density at radius 1 is 1.32 bits per heavy atom. The second-order valence-electron chi connectivity index (χ2n) is 4.11. The molecule has 0 saturated carbocycles. The van der Waals surface area contributed by atoms with Crippen molar-refractivity contribution >= 4 is 5.97 Å². The molecule has 0 aliphatic carbocycles. The van der Waals surface area contributed by atoms with Crippen LogP contribution in [-0.2, 0) is 6.42 Å². The third-order valence-corrected chi connectivity index (χ3v) is 2.64. The van der Waals surface area contributed by atoms with Crippen LogP contribution in [-0.4, -0.2) is 21.0 Å². The fourth-order valence-electron chi connectivity index (χ4n) is 1.64. The zero-order chi connectivity index (χ0) is 13.8. The number of nitrogens with zero attached hydrogens (tertiary/aromatic N) is 2. The van der Waals surface area contributed by atoms with Gasteiger partial charge in [-0.15, -0.1) is 0 Å². The lowest BCUT2D eigenvalue weighted by molar-refractivity contribution is 0.0694. The monoisotopic (exact) mass is 258 g/mol. The predicted molar refractivity (Wildman–Crippen MR) is 69.6 cm³/mol. The van der Waals surface area contributed by atoms with Crippen LogP contribution in [0.3, 0.4) is 0 Å². The molecule has 0 aliphatic rings. The number of carboxylic acid groups (broad SMARTS) is 1. The van der Waals surface area contributed by atoms with Crippen molar-refractivity contribution in [2.24, 2.45) is 0 Å². The molecule has 5 heteroatoms. The van der Waals surface area contributed by atoms with Gasteiger partial charge < -0.3 is 9.84 Å². The lowest BCUT2D eigenvalue weighted by Gasteiger charge is -2.09. The lowest BCUT2D eigenvalue weighted by Crippen LogP contribution is -2.01. The fraction of sp³-hybridized carbons (Fsp3) is 0.214. The highest BCUT2D eigenvalue weighted by Crippen LogP contribution is 2.25. The molecule has 1 aromatic heterocycles. The van der Waals surface area contributed by atoms with Crippen LogP contribution in [0.1, 0.15) is 28.5 Å². The summed E-state index contributed by atoms with van der Waals surface area (Å²) in [5, 5.41) is 9.16. The highest BCUT2D eigenvalue weighted by molar-refractivity contribution is 5.91. The zero-order valence-electron chi connectivity index (χ0n) is 10.8. The highest BCUT2D eigenvalue weighted by atomic mass is 16.5. The van der Waals surface area contributed by atoms with Gasteiger partial charge in [0.15, 0.2) is 0 Å². The Bertz CT molecular complexity index is 611. The Balaban J connectivity index is 2.34. The van der Waals surface area contributed by atoms with Crippen molar-refractivity contribution in [2.75, 3.05) is 0 Å². The zero-order valence-corrected chi connectivity index (χ0v) is 10.8. The van der Waals surface area contributed by atoms with Crippen LogP contribution in [0.2, 0.25) is 0 Å². The van der Waals surface area contributed by atoms with E-state index in [9.17, 15) is 4.79 Å². The summed E-state index contributed by atoms with van der Waals surface area (Å²) in [6.45, 7) is 3.80. The molecular weight excluding hydrogens is 244 g/mol. The Hall–Kier alpha value is -2.43. The third-order valence-electron chi connectivity index (χ3n) is 2.64. The number of carboxylic acids is 1. The average Bonchev–Trinajstić information content (AvgIpc) is 2.41. The number of hydrogen-bond acceptors (Lipinski definition) is 4. The maximum Gasteiger partial charge on any atom is 0.339 e. The first kappa shape index (κ1) is 13.0. The van der Waals surface area contributed by atoms with Gasteiger partial charge in [-0.05, 0) is 25.5 Å². The number of rotatable bonds is 4. The summed E-state index contributed by atoms with van der Waals surface area (Å²) in [5.41, 5.74) is 1.83. The number of aryl methyl sites for hydroxylation is 2. The van der Waals surface area contributed by atoms with E-state index in [-0.39, 0.29) is 11.3 Å². The quantitative estimate of drug-likeness (QED) is 0.912. The molecule has 0 unspecified atom stereocenters. The molecular formula is C14H14N2O3. The van der Waals surface area contributed by atoms with E-state index in [0.29, 0.717) is 5.88 Å². The van der Waals surface area contributed by atoms with Crippen LogP contribution >= 0.6 is 0 Å². The van der Waals surface area contributed by atoms with E-state index in [4.69, 9.17) is 9.84 Å². The average molecular weight is 258 g/mol. The SMILES string of the molecule is CCc1cc(Oc2ccc(C)cc2C(=O)O)ncn1. The number of carbonyl (C=O) groups is 1. The molecule has 2 aromatic rings.